The largest absolute Gasteiger partial charge is 0.494 e. The molecule has 3 nitrogen and oxygen atoms in total. The molecule has 1 rings (SSSR count). The molecule has 0 aromatic heterocycles. The summed E-state index contributed by atoms with van der Waals surface area (Å²) >= 11 is 0. The van der Waals surface area contributed by atoms with Gasteiger partial charge in [0, 0.05) is 0 Å². The van der Waals surface area contributed by atoms with Gasteiger partial charge in [-0.2, -0.15) is 0 Å². The lowest BCUT2D eigenvalue weighted by molar-refractivity contribution is 0.276. The molecule has 0 aliphatic rings. The smallest absolute Gasteiger partial charge is 0.488 e. The molecule has 0 unspecified atom stereocenters. The third-order valence-corrected chi connectivity index (χ3v) is 3.51. The second-order valence-corrected chi connectivity index (χ2v) is 6.01. The Hall–Kier alpha value is -0.995. The van der Waals surface area contributed by atoms with Crippen LogP contribution in [-0.4, -0.2) is 23.8 Å². The molecule has 1 aromatic carbocycles. The Balaban J connectivity index is 2.24. The standard InChI is InChI=1S/C16H27BO3/c1-13(2)6-4-7-14(3)10-11-20-16-9-5-8-15(12-16)17(18)19/h5,8-9,12-14,18-19H,4,6-7,10-11H2,1-3H3/t14-/m0/s1. The maximum atomic E-state index is 9.10. The van der Waals surface area contributed by atoms with Gasteiger partial charge < -0.3 is 14.8 Å². The minimum absolute atomic E-state index is 0.465. The Kier molecular flexibility index (Phi) is 7.71. The van der Waals surface area contributed by atoms with E-state index in [1.165, 1.54) is 19.3 Å². The van der Waals surface area contributed by atoms with Gasteiger partial charge in [-0.1, -0.05) is 52.2 Å². The van der Waals surface area contributed by atoms with E-state index in [0.717, 1.165) is 12.3 Å². The van der Waals surface area contributed by atoms with E-state index in [2.05, 4.69) is 20.8 Å². The molecule has 0 aliphatic carbocycles. The predicted octanol–water partition coefficient (Wildman–Crippen LogP) is 2.60. The first-order valence-corrected chi connectivity index (χ1v) is 7.58. The molecule has 0 fully saturated rings. The SMILES string of the molecule is CC(C)CCC[C@H](C)CCOc1cccc(B(O)O)c1. The van der Waals surface area contributed by atoms with Crippen LogP contribution in [0.5, 0.6) is 5.75 Å². The molecule has 0 bridgehead atoms. The summed E-state index contributed by atoms with van der Waals surface area (Å²) in [6.07, 6.45) is 4.85. The average molecular weight is 278 g/mol. The van der Waals surface area contributed by atoms with Crippen LogP contribution in [0.4, 0.5) is 0 Å². The van der Waals surface area contributed by atoms with Crippen LogP contribution >= 0.6 is 0 Å². The van der Waals surface area contributed by atoms with E-state index in [1.54, 1.807) is 18.2 Å². The van der Waals surface area contributed by atoms with Gasteiger partial charge in [0.25, 0.3) is 0 Å². The number of hydrogen-bond acceptors (Lipinski definition) is 3. The highest BCUT2D eigenvalue weighted by Crippen LogP contribution is 2.16. The zero-order chi connectivity index (χ0) is 15.0. The van der Waals surface area contributed by atoms with E-state index in [9.17, 15) is 0 Å². The van der Waals surface area contributed by atoms with Crippen LogP contribution in [0.2, 0.25) is 0 Å². The van der Waals surface area contributed by atoms with E-state index in [-0.39, 0.29) is 0 Å². The van der Waals surface area contributed by atoms with Crippen LogP contribution in [0.15, 0.2) is 24.3 Å². The quantitative estimate of drug-likeness (QED) is 0.683. The predicted molar refractivity (Wildman–Crippen MR) is 84.2 cm³/mol. The molecule has 2 N–H and O–H groups in total. The molecule has 0 heterocycles. The molecule has 0 spiro atoms. The van der Waals surface area contributed by atoms with Crippen molar-refractivity contribution in [2.75, 3.05) is 6.61 Å². The lowest BCUT2D eigenvalue weighted by Crippen LogP contribution is -2.29. The van der Waals surface area contributed by atoms with Gasteiger partial charge in [0.1, 0.15) is 5.75 Å². The lowest BCUT2D eigenvalue weighted by Gasteiger charge is -2.13. The van der Waals surface area contributed by atoms with Crippen LogP contribution in [0, 0.1) is 11.8 Å². The van der Waals surface area contributed by atoms with Crippen LogP contribution in [-0.2, 0) is 0 Å². The zero-order valence-corrected chi connectivity index (χ0v) is 12.9. The highest BCUT2D eigenvalue weighted by molar-refractivity contribution is 6.58. The van der Waals surface area contributed by atoms with Crippen molar-refractivity contribution in [3.63, 3.8) is 0 Å². The van der Waals surface area contributed by atoms with Gasteiger partial charge >= 0.3 is 7.12 Å². The maximum absolute atomic E-state index is 9.10. The van der Waals surface area contributed by atoms with E-state index in [1.807, 2.05) is 6.07 Å². The molecular weight excluding hydrogens is 251 g/mol. The topological polar surface area (TPSA) is 49.7 Å². The van der Waals surface area contributed by atoms with Gasteiger partial charge in [0.15, 0.2) is 0 Å². The summed E-state index contributed by atoms with van der Waals surface area (Å²) in [6, 6.07) is 6.96. The number of rotatable bonds is 9. The van der Waals surface area contributed by atoms with E-state index in [0.29, 0.717) is 23.7 Å². The Morgan fingerprint density at radius 2 is 1.85 bits per heavy atom. The second-order valence-electron chi connectivity index (χ2n) is 6.01. The van der Waals surface area contributed by atoms with E-state index in [4.69, 9.17) is 14.8 Å². The zero-order valence-electron chi connectivity index (χ0n) is 12.9. The first-order chi connectivity index (χ1) is 9.49. The van der Waals surface area contributed by atoms with Crippen molar-refractivity contribution < 1.29 is 14.8 Å². The highest BCUT2D eigenvalue weighted by atomic mass is 16.5. The Labute approximate surface area is 123 Å². The molecular formula is C16H27BO3. The van der Waals surface area contributed by atoms with Crippen molar-refractivity contribution in [2.24, 2.45) is 11.8 Å². The Morgan fingerprint density at radius 1 is 1.10 bits per heavy atom. The normalized spacial score (nSPS) is 12.5. The molecule has 0 amide bonds. The van der Waals surface area contributed by atoms with Gasteiger partial charge in [-0.15, -0.1) is 0 Å². The van der Waals surface area contributed by atoms with Crippen LogP contribution in [0.25, 0.3) is 0 Å². The molecule has 112 valence electrons. The Bertz CT molecular complexity index is 380. The third-order valence-electron chi connectivity index (χ3n) is 3.51. The molecule has 0 radical (unpaired) electrons. The van der Waals surface area contributed by atoms with E-state index >= 15 is 0 Å². The molecule has 4 heteroatoms. The fraction of sp³-hybridized carbons (Fsp3) is 0.625. The monoisotopic (exact) mass is 278 g/mol. The summed E-state index contributed by atoms with van der Waals surface area (Å²) in [4.78, 5) is 0. The van der Waals surface area contributed by atoms with Gasteiger partial charge in [-0.05, 0) is 35.9 Å². The molecule has 1 atom stereocenters. The minimum Gasteiger partial charge on any atom is -0.494 e. The average Bonchev–Trinajstić information content (AvgIpc) is 2.38. The van der Waals surface area contributed by atoms with Crippen molar-refractivity contribution in [1.29, 1.82) is 0 Å². The number of benzene rings is 1. The summed E-state index contributed by atoms with van der Waals surface area (Å²) in [7, 11) is -1.44. The molecule has 20 heavy (non-hydrogen) atoms. The summed E-state index contributed by atoms with van der Waals surface area (Å²) in [5.74, 6) is 2.15. The van der Waals surface area contributed by atoms with Crippen molar-refractivity contribution in [2.45, 2.75) is 46.5 Å². The van der Waals surface area contributed by atoms with Crippen molar-refractivity contribution in [1.82, 2.24) is 0 Å². The second kappa shape index (κ2) is 9.04. The highest BCUT2D eigenvalue weighted by Gasteiger charge is 2.11. The summed E-state index contributed by atoms with van der Waals surface area (Å²) in [5.41, 5.74) is 0.465. The maximum Gasteiger partial charge on any atom is 0.488 e. The van der Waals surface area contributed by atoms with Gasteiger partial charge in [0.2, 0.25) is 0 Å². The number of hydrogen-bond donors (Lipinski definition) is 2. The lowest BCUT2D eigenvalue weighted by atomic mass is 9.80. The molecule has 0 saturated carbocycles. The van der Waals surface area contributed by atoms with Crippen LogP contribution in [0.1, 0.15) is 46.5 Å². The summed E-state index contributed by atoms with van der Waals surface area (Å²) < 4.78 is 5.67. The summed E-state index contributed by atoms with van der Waals surface area (Å²) in [5, 5.41) is 18.2. The van der Waals surface area contributed by atoms with Crippen molar-refractivity contribution in [3.8, 4) is 5.75 Å². The first-order valence-electron chi connectivity index (χ1n) is 7.58. The molecule has 0 saturated heterocycles. The third kappa shape index (κ3) is 6.97. The summed E-state index contributed by atoms with van der Waals surface area (Å²) in [6.45, 7) is 7.46. The Morgan fingerprint density at radius 3 is 2.50 bits per heavy atom. The van der Waals surface area contributed by atoms with Crippen LogP contribution in [0.3, 0.4) is 0 Å². The van der Waals surface area contributed by atoms with Crippen molar-refractivity contribution in [3.05, 3.63) is 24.3 Å². The molecule has 1 aromatic rings. The van der Waals surface area contributed by atoms with Gasteiger partial charge in [0.05, 0.1) is 6.61 Å². The van der Waals surface area contributed by atoms with Crippen LogP contribution < -0.4 is 10.2 Å². The fourth-order valence-corrected chi connectivity index (χ4v) is 2.16. The van der Waals surface area contributed by atoms with Gasteiger partial charge in [-0.25, -0.2) is 0 Å². The van der Waals surface area contributed by atoms with Gasteiger partial charge in [-0.3, -0.25) is 0 Å². The fourth-order valence-electron chi connectivity index (χ4n) is 2.16. The number of ether oxygens (including phenoxy) is 1. The minimum atomic E-state index is -1.44. The van der Waals surface area contributed by atoms with Crippen molar-refractivity contribution >= 4 is 12.6 Å². The first kappa shape index (κ1) is 17.1. The van der Waals surface area contributed by atoms with E-state index < -0.39 is 7.12 Å². The molecule has 0 aliphatic heterocycles.